The van der Waals surface area contributed by atoms with Gasteiger partial charge in [-0.15, -0.1) is 0 Å². The van der Waals surface area contributed by atoms with Crippen molar-refractivity contribution < 1.29 is 24.2 Å². The summed E-state index contributed by atoms with van der Waals surface area (Å²) in [6, 6.07) is 6.31. The van der Waals surface area contributed by atoms with Crippen molar-refractivity contribution in [1.82, 2.24) is 5.32 Å². The summed E-state index contributed by atoms with van der Waals surface area (Å²) in [5.41, 5.74) is 0.451. The molecule has 0 fully saturated rings. The number of anilines is 1. The molecular weight excluding hydrogens is 300 g/mol. The zero-order chi connectivity index (χ0) is 17.5. The molecule has 1 aromatic rings. The second-order valence-electron chi connectivity index (χ2n) is 5.49. The van der Waals surface area contributed by atoms with Gasteiger partial charge in [-0.1, -0.05) is 11.8 Å². The second kappa shape index (κ2) is 7.84. The smallest absolute Gasteiger partial charge is 0.408 e. The first-order valence-electron chi connectivity index (χ1n) is 6.77. The van der Waals surface area contributed by atoms with Crippen LogP contribution in [0.3, 0.4) is 0 Å². The van der Waals surface area contributed by atoms with Gasteiger partial charge in [0.25, 0.3) is 0 Å². The van der Waals surface area contributed by atoms with Crippen molar-refractivity contribution in [2.45, 2.75) is 26.4 Å². The molecule has 2 amide bonds. The molecule has 122 valence electrons. The highest BCUT2D eigenvalue weighted by atomic mass is 16.6. The van der Waals surface area contributed by atoms with Crippen LogP contribution in [-0.4, -0.2) is 35.2 Å². The van der Waals surface area contributed by atoms with Crippen LogP contribution in [0.1, 0.15) is 26.3 Å². The van der Waals surface area contributed by atoms with Gasteiger partial charge in [0.1, 0.15) is 5.60 Å². The Morgan fingerprint density at radius 2 is 1.78 bits per heavy atom. The summed E-state index contributed by atoms with van der Waals surface area (Å²) in [4.78, 5) is 32.8. The zero-order valence-corrected chi connectivity index (χ0v) is 13.1. The van der Waals surface area contributed by atoms with Gasteiger partial charge in [0, 0.05) is 11.3 Å². The maximum atomic E-state index is 11.4. The molecule has 0 aromatic heterocycles. The number of aliphatic carboxylic acids is 1. The number of nitrogens with one attached hydrogen (secondary N) is 2. The number of rotatable bonds is 2. The van der Waals surface area contributed by atoms with Crippen LogP contribution in [0.15, 0.2) is 24.3 Å². The maximum absolute atomic E-state index is 11.4. The summed E-state index contributed by atoms with van der Waals surface area (Å²) in [6.45, 7) is 5.43. The lowest BCUT2D eigenvalue weighted by Crippen LogP contribution is -2.32. The first-order valence-corrected chi connectivity index (χ1v) is 6.77. The van der Waals surface area contributed by atoms with Crippen molar-refractivity contribution in [3.63, 3.8) is 0 Å². The summed E-state index contributed by atoms with van der Waals surface area (Å²) >= 11 is 0. The van der Waals surface area contributed by atoms with Crippen molar-refractivity contribution >= 4 is 23.7 Å². The molecule has 0 bridgehead atoms. The predicted octanol–water partition coefficient (Wildman–Crippen LogP) is 1.59. The monoisotopic (exact) mass is 318 g/mol. The fourth-order valence-corrected chi connectivity index (χ4v) is 1.40. The first-order chi connectivity index (χ1) is 10.7. The van der Waals surface area contributed by atoms with Crippen LogP contribution < -0.4 is 10.6 Å². The Kier molecular flexibility index (Phi) is 6.15. The largest absolute Gasteiger partial charge is 0.474 e. The number of ether oxygens (including phenoxy) is 1. The van der Waals surface area contributed by atoms with Gasteiger partial charge >= 0.3 is 18.0 Å². The lowest BCUT2D eigenvalue weighted by molar-refractivity contribution is -0.147. The van der Waals surface area contributed by atoms with E-state index in [9.17, 15) is 14.4 Å². The quantitative estimate of drug-likeness (QED) is 0.567. The molecule has 7 nitrogen and oxygen atoms in total. The highest BCUT2D eigenvalue weighted by molar-refractivity contribution is 6.36. The molecule has 0 aliphatic rings. The van der Waals surface area contributed by atoms with Gasteiger partial charge in [-0.25, -0.2) is 9.59 Å². The minimum Gasteiger partial charge on any atom is -0.474 e. The van der Waals surface area contributed by atoms with E-state index >= 15 is 0 Å². The van der Waals surface area contributed by atoms with E-state index in [0.717, 1.165) is 0 Å². The van der Waals surface area contributed by atoms with E-state index in [2.05, 4.69) is 22.5 Å². The number of carboxylic acid groups (broad SMARTS) is 1. The molecule has 1 rings (SSSR count). The number of hydrogen-bond donors (Lipinski definition) is 3. The van der Waals surface area contributed by atoms with Crippen LogP contribution >= 0.6 is 0 Å². The average molecular weight is 318 g/mol. The molecule has 0 heterocycles. The lowest BCUT2D eigenvalue weighted by Gasteiger charge is -2.18. The van der Waals surface area contributed by atoms with Crippen LogP contribution in [0.4, 0.5) is 10.5 Å². The molecular formula is C16H18N2O5. The zero-order valence-electron chi connectivity index (χ0n) is 13.1. The van der Waals surface area contributed by atoms with E-state index in [0.29, 0.717) is 11.3 Å². The van der Waals surface area contributed by atoms with Crippen LogP contribution in [-0.2, 0) is 14.3 Å². The number of benzene rings is 1. The molecule has 0 saturated heterocycles. The average Bonchev–Trinajstić information content (AvgIpc) is 2.43. The maximum Gasteiger partial charge on any atom is 0.408 e. The van der Waals surface area contributed by atoms with Crippen molar-refractivity contribution in [2.24, 2.45) is 0 Å². The Morgan fingerprint density at radius 3 is 2.30 bits per heavy atom. The third-order valence-corrected chi connectivity index (χ3v) is 2.29. The molecule has 0 unspecified atom stereocenters. The van der Waals surface area contributed by atoms with E-state index in [-0.39, 0.29) is 6.54 Å². The number of carbonyl (C=O) groups excluding carboxylic acids is 2. The molecule has 23 heavy (non-hydrogen) atoms. The standard InChI is InChI=1S/C16H18N2O5/c1-16(2,3)23-15(22)17-10-4-5-11-6-8-12(9-7-11)18-13(19)14(20)21/h6-9H,10H2,1-3H3,(H,17,22)(H,18,19)(H,20,21). The number of amides is 2. The summed E-state index contributed by atoms with van der Waals surface area (Å²) in [5.74, 6) is 2.91. The van der Waals surface area contributed by atoms with Crippen LogP contribution in [0.2, 0.25) is 0 Å². The van der Waals surface area contributed by atoms with Gasteiger partial charge in [-0.2, -0.15) is 0 Å². The van der Waals surface area contributed by atoms with Crippen molar-refractivity contribution in [3.8, 4) is 11.8 Å². The molecule has 3 N–H and O–H groups in total. The Morgan fingerprint density at radius 1 is 1.17 bits per heavy atom. The molecule has 0 aliphatic heterocycles. The number of alkyl carbamates (subject to hydrolysis) is 1. The van der Waals surface area contributed by atoms with Gasteiger partial charge in [-0.05, 0) is 45.0 Å². The summed E-state index contributed by atoms with van der Waals surface area (Å²) in [7, 11) is 0. The fourth-order valence-electron chi connectivity index (χ4n) is 1.40. The Balaban J connectivity index is 2.49. The normalized spacial score (nSPS) is 10.0. The van der Waals surface area contributed by atoms with E-state index in [4.69, 9.17) is 9.84 Å². The predicted molar refractivity (Wildman–Crippen MR) is 83.8 cm³/mol. The van der Waals surface area contributed by atoms with Crippen molar-refractivity contribution in [1.29, 1.82) is 0 Å². The molecule has 1 aromatic carbocycles. The number of hydrogen-bond acceptors (Lipinski definition) is 4. The Labute approximate surface area is 134 Å². The minimum atomic E-state index is -1.55. The molecule has 0 radical (unpaired) electrons. The van der Waals surface area contributed by atoms with E-state index in [1.165, 1.54) is 12.1 Å². The Hall–Kier alpha value is -3.01. The van der Waals surface area contributed by atoms with Crippen LogP contribution in [0.25, 0.3) is 0 Å². The highest BCUT2D eigenvalue weighted by Crippen LogP contribution is 2.08. The molecule has 0 aliphatic carbocycles. The third-order valence-electron chi connectivity index (χ3n) is 2.29. The minimum absolute atomic E-state index is 0.131. The van der Waals surface area contributed by atoms with E-state index in [1.54, 1.807) is 32.9 Å². The topological polar surface area (TPSA) is 105 Å². The van der Waals surface area contributed by atoms with E-state index in [1.807, 2.05) is 0 Å². The van der Waals surface area contributed by atoms with E-state index < -0.39 is 23.6 Å². The van der Waals surface area contributed by atoms with Gasteiger partial charge in [0.2, 0.25) is 0 Å². The first kappa shape index (κ1) is 18.0. The summed E-state index contributed by atoms with van der Waals surface area (Å²) < 4.78 is 5.06. The van der Waals surface area contributed by atoms with Gasteiger partial charge in [0.15, 0.2) is 0 Å². The fraction of sp³-hybridized carbons (Fsp3) is 0.312. The molecule has 7 heteroatoms. The van der Waals surface area contributed by atoms with Gasteiger partial charge in [-0.3, -0.25) is 4.79 Å². The number of carbonyl (C=O) groups is 3. The summed E-state index contributed by atoms with van der Waals surface area (Å²) in [5, 5.41) is 13.2. The lowest BCUT2D eigenvalue weighted by atomic mass is 10.2. The number of carboxylic acids is 1. The third kappa shape index (κ3) is 7.52. The highest BCUT2D eigenvalue weighted by Gasteiger charge is 2.15. The second-order valence-corrected chi connectivity index (χ2v) is 5.49. The Bertz CT molecular complexity index is 648. The van der Waals surface area contributed by atoms with Crippen molar-refractivity contribution in [3.05, 3.63) is 29.8 Å². The van der Waals surface area contributed by atoms with Crippen molar-refractivity contribution in [2.75, 3.05) is 11.9 Å². The molecule has 0 spiro atoms. The van der Waals surface area contributed by atoms with Gasteiger partial charge < -0.3 is 20.5 Å². The molecule has 0 saturated carbocycles. The van der Waals surface area contributed by atoms with Crippen LogP contribution in [0.5, 0.6) is 0 Å². The SMILES string of the molecule is CC(C)(C)OC(=O)NCC#Cc1ccc(NC(=O)C(=O)O)cc1. The van der Waals surface area contributed by atoms with Gasteiger partial charge in [0.05, 0.1) is 6.54 Å². The van der Waals surface area contributed by atoms with Crippen LogP contribution in [0, 0.1) is 11.8 Å². The summed E-state index contributed by atoms with van der Waals surface area (Å²) in [6.07, 6.45) is -0.543. The molecule has 0 atom stereocenters.